The van der Waals surface area contributed by atoms with Crippen LogP contribution in [0.2, 0.25) is 0 Å². The molecular weight excluding hydrogens is 280 g/mol. The zero-order valence-electron chi connectivity index (χ0n) is 15.4. The molecule has 0 heterocycles. The second-order valence-corrected chi connectivity index (χ2v) is 9.85. The van der Waals surface area contributed by atoms with Crippen LogP contribution in [0.25, 0.3) is 0 Å². The van der Waals surface area contributed by atoms with Gasteiger partial charge in [0.2, 0.25) is 0 Å². The normalized spacial score (nSPS) is 53.8. The summed E-state index contributed by atoms with van der Waals surface area (Å²) in [6.45, 7) is 7.39. The minimum Gasteiger partial charge on any atom is -0.328 e. The Morgan fingerprint density at radius 3 is 2.61 bits per heavy atom. The van der Waals surface area contributed by atoms with Gasteiger partial charge in [0.15, 0.2) is 0 Å². The molecule has 0 saturated heterocycles. The third-order valence-corrected chi connectivity index (χ3v) is 8.85. The van der Waals surface area contributed by atoms with Gasteiger partial charge >= 0.3 is 0 Å². The average Bonchev–Trinajstić information content (AvgIpc) is 2.85. The van der Waals surface area contributed by atoms with Crippen LogP contribution in [-0.4, -0.2) is 12.1 Å². The predicted molar refractivity (Wildman–Crippen MR) is 96.8 cm³/mol. The maximum Gasteiger partial charge on any atom is 0.00766 e. The van der Waals surface area contributed by atoms with Gasteiger partial charge in [-0.25, -0.2) is 0 Å². The van der Waals surface area contributed by atoms with E-state index in [0.29, 0.717) is 22.9 Å². The van der Waals surface area contributed by atoms with E-state index in [-0.39, 0.29) is 0 Å². The fourth-order valence-electron chi connectivity index (χ4n) is 7.59. The van der Waals surface area contributed by atoms with Crippen LogP contribution in [0.4, 0.5) is 0 Å². The molecule has 0 aromatic heterocycles. The SMILES string of the molecule is C[C@H](N)[C@H]1CC[C@@H]2[C@H]3CC=C4C[C@@H](N)CC[C@]4(C)[C@@H]3CC[C@@]21C. The zero-order chi connectivity index (χ0) is 16.4. The molecule has 0 radical (unpaired) electrons. The van der Waals surface area contributed by atoms with Gasteiger partial charge in [-0.15, -0.1) is 0 Å². The molecule has 4 rings (SSSR count). The van der Waals surface area contributed by atoms with Crippen molar-refractivity contribution >= 4 is 0 Å². The lowest BCUT2D eigenvalue weighted by Crippen LogP contribution is -2.52. The second kappa shape index (κ2) is 5.33. The first kappa shape index (κ1) is 16.1. The smallest absolute Gasteiger partial charge is 0.00766 e. The van der Waals surface area contributed by atoms with E-state index >= 15 is 0 Å². The molecule has 130 valence electrons. The molecule has 0 bridgehead atoms. The Balaban J connectivity index is 1.65. The fraction of sp³-hybridized carbons (Fsp3) is 0.905. The van der Waals surface area contributed by atoms with E-state index in [2.05, 4.69) is 26.8 Å². The summed E-state index contributed by atoms with van der Waals surface area (Å²) in [5, 5.41) is 0. The summed E-state index contributed by atoms with van der Waals surface area (Å²) in [5.74, 6) is 3.45. The standard InChI is InChI=1S/C21H36N2/c1-13(22)17-6-7-18-16-5-4-14-12-15(23)8-10-20(14,2)19(16)9-11-21(17,18)3/h4,13,15-19H,5-12,22-23H2,1-3H3/t13-,15-,16+,17+,18+,19+,20-,21+/m0/s1. The number of allylic oxidation sites excluding steroid dienone is 1. The van der Waals surface area contributed by atoms with E-state index in [1.165, 1.54) is 44.9 Å². The molecule has 0 unspecified atom stereocenters. The van der Waals surface area contributed by atoms with Crippen molar-refractivity contribution in [2.75, 3.05) is 0 Å². The molecule has 4 aliphatic carbocycles. The molecule has 0 aliphatic heterocycles. The van der Waals surface area contributed by atoms with Crippen molar-refractivity contribution < 1.29 is 0 Å². The van der Waals surface area contributed by atoms with Crippen molar-refractivity contribution in [2.24, 2.45) is 46.0 Å². The molecule has 0 spiro atoms. The van der Waals surface area contributed by atoms with Gasteiger partial charge in [-0.05, 0) is 92.8 Å². The molecule has 23 heavy (non-hydrogen) atoms. The number of hydrogen-bond acceptors (Lipinski definition) is 2. The fourth-order valence-corrected chi connectivity index (χ4v) is 7.59. The Morgan fingerprint density at radius 2 is 1.87 bits per heavy atom. The van der Waals surface area contributed by atoms with E-state index in [1.807, 2.05) is 0 Å². The Kier molecular flexibility index (Phi) is 3.74. The van der Waals surface area contributed by atoms with Crippen LogP contribution >= 0.6 is 0 Å². The second-order valence-electron chi connectivity index (χ2n) is 9.85. The molecule has 2 nitrogen and oxygen atoms in total. The van der Waals surface area contributed by atoms with Gasteiger partial charge < -0.3 is 11.5 Å². The van der Waals surface area contributed by atoms with Crippen LogP contribution in [0.3, 0.4) is 0 Å². The summed E-state index contributed by atoms with van der Waals surface area (Å²) in [6.07, 6.45) is 13.2. The van der Waals surface area contributed by atoms with Crippen LogP contribution in [-0.2, 0) is 0 Å². The van der Waals surface area contributed by atoms with Gasteiger partial charge in [0.1, 0.15) is 0 Å². The van der Waals surface area contributed by atoms with Crippen molar-refractivity contribution in [1.82, 2.24) is 0 Å². The van der Waals surface area contributed by atoms with E-state index in [1.54, 1.807) is 5.57 Å². The number of rotatable bonds is 1. The highest BCUT2D eigenvalue weighted by molar-refractivity contribution is 5.25. The first-order valence-electron chi connectivity index (χ1n) is 10.1. The lowest BCUT2D eigenvalue weighted by atomic mass is 9.47. The summed E-state index contributed by atoms with van der Waals surface area (Å²) in [6, 6.07) is 0.771. The Hall–Kier alpha value is -0.340. The van der Waals surface area contributed by atoms with E-state index in [4.69, 9.17) is 11.5 Å². The topological polar surface area (TPSA) is 52.0 Å². The molecule has 8 atom stereocenters. The highest BCUT2D eigenvalue weighted by Crippen LogP contribution is 2.66. The van der Waals surface area contributed by atoms with Crippen LogP contribution in [0, 0.1) is 34.5 Å². The quantitative estimate of drug-likeness (QED) is 0.711. The third-order valence-electron chi connectivity index (χ3n) is 8.85. The monoisotopic (exact) mass is 316 g/mol. The molecule has 4 N–H and O–H groups in total. The maximum absolute atomic E-state index is 6.38. The molecule has 0 amide bonds. The van der Waals surface area contributed by atoms with Crippen LogP contribution in [0.5, 0.6) is 0 Å². The van der Waals surface area contributed by atoms with Crippen LogP contribution in [0.1, 0.15) is 72.1 Å². The zero-order valence-corrected chi connectivity index (χ0v) is 15.4. The van der Waals surface area contributed by atoms with Crippen molar-refractivity contribution in [3.8, 4) is 0 Å². The van der Waals surface area contributed by atoms with Crippen molar-refractivity contribution in [3.05, 3.63) is 11.6 Å². The minimum absolute atomic E-state index is 0.361. The molecule has 0 aromatic carbocycles. The summed E-state index contributed by atoms with van der Waals surface area (Å²) >= 11 is 0. The van der Waals surface area contributed by atoms with E-state index < -0.39 is 0 Å². The highest BCUT2D eigenvalue weighted by atomic mass is 14.7. The number of fused-ring (bicyclic) bond motifs is 5. The van der Waals surface area contributed by atoms with Crippen molar-refractivity contribution in [1.29, 1.82) is 0 Å². The lowest BCUT2D eigenvalue weighted by Gasteiger charge is -2.58. The summed E-state index contributed by atoms with van der Waals surface area (Å²) in [5.41, 5.74) is 15.3. The Morgan fingerprint density at radius 1 is 1.09 bits per heavy atom. The highest BCUT2D eigenvalue weighted by Gasteiger charge is 2.58. The minimum atomic E-state index is 0.361. The maximum atomic E-state index is 6.38. The average molecular weight is 317 g/mol. The predicted octanol–water partition coefficient (Wildman–Crippen LogP) is 4.24. The molecule has 0 aromatic rings. The van der Waals surface area contributed by atoms with Crippen LogP contribution < -0.4 is 11.5 Å². The Labute approximate surface area is 142 Å². The van der Waals surface area contributed by atoms with Gasteiger partial charge in [0, 0.05) is 12.1 Å². The van der Waals surface area contributed by atoms with E-state index in [9.17, 15) is 0 Å². The third kappa shape index (κ3) is 2.20. The van der Waals surface area contributed by atoms with Gasteiger partial charge in [0.05, 0.1) is 0 Å². The van der Waals surface area contributed by atoms with Gasteiger partial charge in [0.25, 0.3) is 0 Å². The van der Waals surface area contributed by atoms with Gasteiger partial charge in [-0.2, -0.15) is 0 Å². The molecule has 4 aliphatic rings. The summed E-state index contributed by atoms with van der Waals surface area (Å²) < 4.78 is 0. The molecule has 2 heteroatoms. The lowest BCUT2D eigenvalue weighted by molar-refractivity contribution is -0.0447. The summed E-state index contributed by atoms with van der Waals surface area (Å²) in [4.78, 5) is 0. The first-order chi connectivity index (χ1) is 10.9. The Bertz CT molecular complexity index is 510. The molecule has 3 fully saturated rings. The number of nitrogens with two attached hydrogens (primary N) is 2. The molecule has 3 saturated carbocycles. The first-order valence-corrected chi connectivity index (χ1v) is 10.1. The molecular formula is C21H36N2. The number of hydrogen-bond donors (Lipinski definition) is 2. The van der Waals surface area contributed by atoms with Crippen molar-refractivity contribution in [2.45, 2.75) is 84.2 Å². The largest absolute Gasteiger partial charge is 0.328 e. The summed E-state index contributed by atoms with van der Waals surface area (Å²) in [7, 11) is 0. The van der Waals surface area contributed by atoms with Gasteiger partial charge in [-0.1, -0.05) is 25.5 Å². The van der Waals surface area contributed by atoms with E-state index in [0.717, 1.165) is 30.1 Å². The van der Waals surface area contributed by atoms with Crippen molar-refractivity contribution in [3.63, 3.8) is 0 Å². The van der Waals surface area contributed by atoms with Gasteiger partial charge in [-0.3, -0.25) is 0 Å². The van der Waals surface area contributed by atoms with Crippen LogP contribution in [0.15, 0.2) is 11.6 Å².